The smallest absolute Gasteiger partial charge is 0.0543 e. The monoisotopic (exact) mass is 214 g/mol. The lowest BCUT2D eigenvalue weighted by Crippen LogP contribution is -2.17. The van der Waals surface area contributed by atoms with Crippen molar-refractivity contribution < 1.29 is 5.11 Å². The van der Waals surface area contributed by atoms with Gasteiger partial charge >= 0.3 is 0 Å². The van der Waals surface area contributed by atoms with Gasteiger partial charge in [-0.1, -0.05) is 6.08 Å². The molecule has 0 radical (unpaired) electrons. The average Bonchev–Trinajstić information content (AvgIpc) is 2.20. The molecule has 1 fully saturated rings. The average molecular weight is 214 g/mol. The standard InChI is InChI=1S/C12H22OS/c1-2-3-4-5-12(13)10-11-6-8-14-9-7-11/h2,11-13H,1,3-10H2. The molecular weight excluding hydrogens is 192 g/mol. The van der Waals surface area contributed by atoms with Crippen molar-refractivity contribution in [3.63, 3.8) is 0 Å². The van der Waals surface area contributed by atoms with Gasteiger partial charge in [0.2, 0.25) is 0 Å². The molecule has 1 N–H and O–H groups in total. The summed E-state index contributed by atoms with van der Waals surface area (Å²) in [6.45, 7) is 3.69. The van der Waals surface area contributed by atoms with E-state index in [4.69, 9.17) is 0 Å². The molecule has 0 bridgehead atoms. The van der Waals surface area contributed by atoms with Gasteiger partial charge in [0.25, 0.3) is 0 Å². The summed E-state index contributed by atoms with van der Waals surface area (Å²) in [5.74, 6) is 3.38. The van der Waals surface area contributed by atoms with Crippen LogP contribution in [-0.4, -0.2) is 22.7 Å². The second-order valence-electron chi connectivity index (χ2n) is 4.16. The fraction of sp³-hybridized carbons (Fsp3) is 0.833. The highest BCUT2D eigenvalue weighted by molar-refractivity contribution is 7.99. The van der Waals surface area contributed by atoms with Crippen LogP contribution in [0.3, 0.4) is 0 Å². The molecule has 82 valence electrons. The zero-order valence-corrected chi connectivity index (χ0v) is 9.77. The molecule has 0 aromatic rings. The van der Waals surface area contributed by atoms with Crippen LogP contribution in [0.1, 0.15) is 38.5 Å². The van der Waals surface area contributed by atoms with Crippen LogP contribution in [0.2, 0.25) is 0 Å². The maximum Gasteiger partial charge on any atom is 0.0543 e. The second-order valence-corrected chi connectivity index (χ2v) is 5.39. The molecule has 1 rings (SSSR count). The minimum absolute atomic E-state index is 0.0666. The first-order valence-electron chi connectivity index (χ1n) is 5.69. The fourth-order valence-electron chi connectivity index (χ4n) is 1.98. The summed E-state index contributed by atoms with van der Waals surface area (Å²) in [5.41, 5.74) is 0. The van der Waals surface area contributed by atoms with Crippen LogP contribution >= 0.6 is 11.8 Å². The van der Waals surface area contributed by atoms with E-state index in [1.165, 1.54) is 24.3 Å². The van der Waals surface area contributed by atoms with Crippen molar-refractivity contribution in [3.8, 4) is 0 Å². The Balaban J connectivity index is 2.05. The predicted octanol–water partition coefficient (Wildman–Crippen LogP) is 3.24. The van der Waals surface area contributed by atoms with E-state index in [9.17, 15) is 5.11 Å². The molecule has 1 nitrogen and oxygen atoms in total. The lowest BCUT2D eigenvalue weighted by Gasteiger charge is -2.23. The Bertz CT molecular complexity index is 152. The number of hydrogen-bond acceptors (Lipinski definition) is 2. The third kappa shape index (κ3) is 5.06. The van der Waals surface area contributed by atoms with Gasteiger partial charge in [0.15, 0.2) is 0 Å². The molecule has 0 spiro atoms. The second kappa shape index (κ2) is 7.36. The summed E-state index contributed by atoms with van der Waals surface area (Å²) in [5, 5.41) is 9.79. The maximum absolute atomic E-state index is 9.79. The number of thioether (sulfide) groups is 1. The largest absolute Gasteiger partial charge is 0.393 e. The summed E-state index contributed by atoms with van der Waals surface area (Å²) < 4.78 is 0. The Kier molecular flexibility index (Phi) is 6.37. The molecule has 0 aromatic heterocycles. The van der Waals surface area contributed by atoms with Gasteiger partial charge in [0.05, 0.1) is 6.10 Å². The van der Waals surface area contributed by atoms with E-state index in [1.54, 1.807) is 0 Å². The third-order valence-corrected chi connectivity index (χ3v) is 3.94. The highest BCUT2D eigenvalue weighted by Crippen LogP contribution is 2.27. The number of hydrogen-bond donors (Lipinski definition) is 1. The van der Waals surface area contributed by atoms with Crippen molar-refractivity contribution in [2.75, 3.05) is 11.5 Å². The predicted molar refractivity (Wildman–Crippen MR) is 64.7 cm³/mol. The summed E-state index contributed by atoms with van der Waals surface area (Å²) in [6.07, 6.45) is 8.59. The van der Waals surface area contributed by atoms with Crippen LogP contribution in [0.25, 0.3) is 0 Å². The molecule has 14 heavy (non-hydrogen) atoms. The summed E-state index contributed by atoms with van der Waals surface area (Å²) in [6, 6.07) is 0. The first kappa shape index (κ1) is 12.1. The third-order valence-electron chi connectivity index (χ3n) is 2.89. The van der Waals surface area contributed by atoms with Crippen LogP contribution in [0.5, 0.6) is 0 Å². The normalized spacial score (nSPS) is 20.6. The maximum atomic E-state index is 9.79. The van der Waals surface area contributed by atoms with E-state index in [-0.39, 0.29) is 6.10 Å². The number of unbranched alkanes of at least 4 members (excludes halogenated alkanes) is 1. The number of allylic oxidation sites excluding steroid dienone is 1. The lowest BCUT2D eigenvalue weighted by atomic mass is 9.93. The van der Waals surface area contributed by atoms with Gasteiger partial charge in [-0.3, -0.25) is 0 Å². The Morgan fingerprint density at radius 3 is 2.79 bits per heavy atom. The first-order chi connectivity index (χ1) is 6.83. The van der Waals surface area contributed by atoms with E-state index in [0.29, 0.717) is 0 Å². The SMILES string of the molecule is C=CCCCC(O)CC1CCSCC1. The van der Waals surface area contributed by atoms with E-state index < -0.39 is 0 Å². The summed E-state index contributed by atoms with van der Waals surface area (Å²) >= 11 is 2.05. The van der Waals surface area contributed by atoms with Crippen molar-refractivity contribution in [2.45, 2.75) is 44.6 Å². The van der Waals surface area contributed by atoms with Crippen molar-refractivity contribution in [3.05, 3.63) is 12.7 Å². The molecule has 0 amide bonds. The molecule has 0 aliphatic carbocycles. The van der Waals surface area contributed by atoms with E-state index in [1.807, 2.05) is 6.08 Å². The van der Waals surface area contributed by atoms with Crippen LogP contribution in [0.15, 0.2) is 12.7 Å². The molecular formula is C12H22OS. The summed E-state index contributed by atoms with van der Waals surface area (Å²) in [4.78, 5) is 0. The minimum Gasteiger partial charge on any atom is -0.393 e. The quantitative estimate of drug-likeness (QED) is 0.541. The highest BCUT2D eigenvalue weighted by atomic mass is 32.2. The van der Waals surface area contributed by atoms with Crippen LogP contribution in [-0.2, 0) is 0 Å². The van der Waals surface area contributed by atoms with Crippen LogP contribution in [0.4, 0.5) is 0 Å². The van der Waals surface area contributed by atoms with Gasteiger partial charge in [-0.2, -0.15) is 11.8 Å². The Hall–Kier alpha value is 0.0500. The van der Waals surface area contributed by atoms with Gasteiger partial charge in [0, 0.05) is 0 Å². The zero-order valence-electron chi connectivity index (χ0n) is 8.95. The van der Waals surface area contributed by atoms with Crippen molar-refractivity contribution in [1.29, 1.82) is 0 Å². The van der Waals surface area contributed by atoms with Crippen LogP contribution < -0.4 is 0 Å². The van der Waals surface area contributed by atoms with Gasteiger partial charge in [-0.25, -0.2) is 0 Å². The number of rotatable bonds is 6. The first-order valence-corrected chi connectivity index (χ1v) is 6.85. The fourth-order valence-corrected chi connectivity index (χ4v) is 3.19. The van der Waals surface area contributed by atoms with Crippen molar-refractivity contribution in [2.24, 2.45) is 5.92 Å². The van der Waals surface area contributed by atoms with E-state index in [2.05, 4.69) is 18.3 Å². The Labute approximate surface area is 92.0 Å². The number of aliphatic hydroxyl groups is 1. The molecule has 1 aliphatic heterocycles. The van der Waals surface area contributed by atoms with E-state index >= 15 is 0 Å². The van der Waals surface area contributed by atoms with Crippen molar-refractivity contribution in [1.82, 2.24) is 0 Å². The lowest BCUT2D eigenvalue weighted by molar-refractivity contribution is 0.128. The van der Waals surface area contributed by atoms with Crippen LogP contribution in [0, 0.1) is 5.92 Å². The summed E-state index contributed by atoms with van der Waals surface area (Å²) in [7, 11) is 0. The van der Waals surface area contributed by atoms with E-state index in [0.717, 1.165) is 31.6 Å². The molecule has 1 saturated heterocycles. The van der Waals surface area contributed by atoms with Gasteiger partial charge < -0.3 is 5.11 Å². The van der Waals surface area contributed by atoms with Gasteiger partial charge in [-0.05, 0) is 55.9 Å². The molecule has 2 heteroatoms. The van der Waals surface area contributed by atoms with Crippen molar-refractivity contribution >= 4 is 11.8 Å². The number of aliphatic hydroxyl groups excluding tert-OH is 1. The molecule has 0 aromatic carbocycles. The minimum atomic E-state index is -0.0666. The molecule has 1 heterocycles. The highest BCUT2D eigenvalue weighted by Gasteiger charge is 2.17. The zero-order chi connectivity index (χ0) is 10.2. The Morgan fingerprint density at radius 1 is 1.43 bits per heavy atom. The molecule has 0 saturated carbocycles. The molecule has 1 unspecified atom stereocenters. The molecule has 1 aliphatic rings. The van der Waals surface area contributed by atoms with Gasteiger partial charge in [-0.15, -0.1) is 6.58 Å². The Morgan fingerprint density at radius 2 is 2.14 bits per heavy atom. The topological polar surface area (TPSA) is 20.2 Å². The molecule has 1 atom stereocenters. The van der Waals surface area contributed by atoms with Gasteiger partial charge in [0.1, 0.15) is 0 Å².